The highest BCUT2D eigenvalue weighted by atomic mass is 35.5. The predicted molar refractivity (Wildman–Crippen MR) is 255 cm³/mol. The molecule has 3 aromatic heterocycles. The normalized spacial score (nSPS) is 18.1. The SMILES string of the molecule is NCC(=O)c1ccc(CN(c2cccc(Cl)c2)S(=O)(=O)N2CCN(C3CCC3)CC2)nc1.O=S(=O)(N1CCN(C2CCC2)CC1)N(Cc1ccc(-c2nnc(C(F)F)o2)cn1)c1cccc(Cl)c1. The number of piperazine rings is 2. The van der Waals surface area contributed by atoms with Crippen molar-refractivity contribution in [2.45, 2.75) is 70.1 Å². The second-order valence-electron chi connectivity index (χ2n) is 17.0. The van der Waals surface area contributed by atoms with E-state index in [9.17, 15) is 30.4 Å². The van der Waals surface area contributed by atoms with Crippen LogP contribution in [0.2, 0.25) is 10.0 Å². The lowest BCUT2D eigenvalue weighted by molar-refractivity contribution is 0.0888. The fraction of sp³-hybridized carbons (Fsp3) is 0.444. The molecule has 0 radical (unpaired) electrons. The number of Topliss-reactive ketones (excluding diaryl/α,β-unsaturated/α-hetero) is 1. The van der Waals surface area contributed by atoms with E-state index in [1.165, 1.54) is 68.1 Å². The molecule has 2 saturated heterocycles. The first kappa shape index (κ1) is 49.7. The van der Waals surface area contributed by atoms with Gasteiger partial charge in [-0.05, 0) is 86.3 Å². The molecular formula is C45H53Cl2F2N11O6S2. The Labute approximate surface area is 405 Å². The molecule has 2 aliphatic heterocycles. The number of aromatic nitrogens is 4. The number of hydrogen-bond donors (Lipinski definition) is 1. The van der Waals surface area contributed by atoms with Crippen LogP contribution in [0.3, 0.4) is 0 Å². The summed E-state index contributed by atoms with van der Waals surface area (Å²) in [6.45, 7) is 4.48. The minimum Gasteiger partial charge on any atom is -0.415 e. The summed E-state index contributed by atoms with van der Waals surface area (Å²) in [5.74, 6) is -1.08. The number of halogens is 4. The van der Waals surface area contributed by atoms with E-state index in [0.717, 1.165) is 13.1 Å². The average Bonchev–Trinajstić information content (AvgIpc) is 3.81. The smallest absolute Gasteiger partial charge is 0.314 e. The lowest BCUT2D eigenvalue weighted by Gasteiger charge is -2.43. The molecule has 5 heterocycles. The number of ketones is 1. The van der Waals surface area contributed by atoms with E-state index in [2.05, 4.69) is 30.0 Å². The molecule has 0 bridgehead atoms. The second-order valence-corrected chi connectivity index (χ2v) is 21.6. The van der Waals surface area contributed by atoms with Crippen LogP contribution in [0.25, 0.3) is 11.5 Å². The van der Waals surface area contributed by atoms with Gasteiger partial charge in [-0.3, -0.25) is 33.2 Å². The number of alkyl halides is 2. The predicted octanol–water partition coefficient (Wildman–Crippen LogP) is 6.44. The Hall–Kier alpha value is -4.71. The third-order valence-electron chi connectivity index (χ3n) is 12.8. The molecule has 2 aromatic carbocycles. The highest BCUT2D eigenvalue weighted by Crippen LogP contribution is 2.32. The van der Waals surface area contributed by atoms with E-state index >= 15 is 0 Å². The van der Waals surface area contributed by atoms with Gasteiger partial charge in [-0.25, -0.2) is 0 Å². The zero-order valence-corrected chi connectivity index (χ0v) is 40.3. The Morgan fingerprint density at radius 1 is 0.691 bits per heavy atom. The molecule has 2 saturated carbocycles. The molecule has 0 atom stereocenters. The molecule has 4 fully saturated rings. The van der Waals surface area contributed by atoms with Crippen molar-refractivity contribution in [3.8, 4) is 11.5 Å². The van der Waals surface area contributed by atoms with E-state index in [0.29, 0.717) is 95.3 Å². The van der Waals surface area contributed by atoms with Gasteiger partial charge >= 0.3 is 26.8 Å². The van der Waals surface area contributed by atoms with Crippen molar-refractivity contribution in [1.29, 1.82) is 0 Å². The molecular weight excluding hydrogens is 964 g/mol. The van der Waals surface area contributed by atoms with Crippen LogP contribution in [-0.4, -0.2) is 132 Å². The number of pyridine rings is 2. The summed E-state index contributed by atoms with van der Waals surface area (Å²) >= 11 is 12.4. The maximum absolute atomic E-state index is 13.8. The van der Waals surface area contributed by atoms with Gasteiger partial charge in [-0.1, -0.05) is 48.2 Å². The van der Waals surface area contributed by atoms with E-state index in [1.54, 1.807) is 72.8 Å². The van der Waals surface area contributed by atoms with Crippen LogP contribution < -0.4 is 14.3 Å². The van der Waals surface area contributed by atoms with E-state index in [1.807, 2.05) is 0 Å². The summed E-state index contributed by atoms with van der Waals surface area (Å²) in [6.07, 6.45) is 7.21. The first-order chi connectivity index (χ1) is 32.7. The molecule has 4 aliphatic rings. The number of hydrogen-bond acceptors (Lipinski definition) is 13. The van der Waals surface area contributed by atoms with Crippen molar-refractivity contribution in [3.05, 3.63) is 118 Å². The van der Waals surface area contributed by atoms with Crippen LogP contribution in [-0.2, 0) is 33.5 Å². The number of anilines is 2. The summed E-state index contributed by atoms with van der Waals surface area (Å²) in [6, 6.07) is 21.1. The summed E-state index contributed by atoms with van der Waals surface area (Å²) < 4.78 is 91.0. The van der Waals surface area contributed by atoms with Gasteiger partial charge in [0.05, 0.1) is 48.0 Å². The average molecular weight is 1020 g/mol. The molecule has 0 unspecified atom stereocenters. The number of nitrogens with two attached hydrogens (primary N) is 1. The van der Waals surface area contributed by atoms with Crippen LogP contribution in [0.5, 0.6) is 0 Å². The van der Waals surface area contributed by atoms with Gasteiger partial charge in [0, 0.05) is 92.4 Å². The van der Waals surface area contributed by atoms with E-state index in [-0.39, 0.29) is 31.3 Å². The Balaban J connectivity index is 0.000000185. The first-order valence-electron chi connectivity index (χ1n) is 22.5. The van der Waals surface area contributed by atoms with E-state index < -0.39 is 32.7 Å². The Kier molecular flexibility index (Phi) is 16.0. The zero-order valence-electron chi connectivity index (χ0n) is 37.2. The van der Waals surface area contributed by atoms with Crippen LogP contribution in [0, 0.1) is 0 Å². The fourth-order valence-electron chi connectivity index (χ4n) is 8.44. The van der Waals surface area contributed by atoms with Crippen LogP contribution >= 0.6 is 23.2 Å². The van der Waals surface area contributed by atoms with Gasteiger partial charge in [0.15, 0.2) is 5.78 Å². The van der Waals surface area contributed by atoms with Crippen molar-refractivity contribution >= 4 is 60.8 Å². The van der Waals surface area contributed by atoms with Gasteiger partial charge < -0.3 is 10.2 Å². The molecule has 23 heteroatoms. The molecule has 0 spiro atoms. The number of nitrogens with zero attached hydrogens (tertiary/aromatic N) is 10. The van der Waals surface area contributed by atoms with Gasteiger partial charge in [0.2, 0.25) is 5.89 Å². The molecule has 68 heavy (non-hydrogen) atoms. The molecule has 2 N–H and O–H groups in total. The molecule has 5 aromatic rings. The van der Waals surface area contributed by atoms with Gasteiger partial charge in [-0.2, -0.15) is 34.2 Å². The molecule has 2 aliphatic carbocycles. The number of rotatable bonds is 16. The highest BCUT2D eigenvalue weighted by Gasteiger charge is 2.38. The van der Waals surface area contributed by atoms with Gasteiger partial charge in [-0.15, -0.1) is 10.2 Å². The zero-order chi connectivity index (χ0) is 48.0. The summed E-state index contributed by atoms with van der Waals surface area (Å²) in [4.78, 5) is 25.2. The standard InChI is InChI=1S/C23H25ClF2N6O3S.C22H28ClN5O3S/c24-17-3-1-6-20(13-17)32(36(33,34)31-11-9-30(10-12-31)19-4-2-5-19)15-18-8-7-16(14-27-18)22-28-29-23(35-22)21(25)26;23-18-3-1-6-21(13-18)28(16-19-8-7-17(15-25-19)22(29)14-24)32(30,31)27-11-9-26(10-12-27)20-4-2-5-20/h1,3,6-8,13-14,19,21H,2,4-5,9-12,15H2;1,3,6-8,13,15,20H,2,4-5,9-12,14,16,24H2. The molecule has 364 valence electrons. The minimum absolute atomic E-state index is 0.0304. The molecule has 17 nitrogen and oxygen atoms in total. The maximum Gasteiger partial charge on any atom is 0.314 e. The lowest BCUT2D eigenvalue weighted by Crippen LogP contribution is -2.56. The minimum atomic E-state index is -3.88. The number of carbonyl (C=O) groups excluding carboxylic acids is 1. The third kappa shape index (κ3) is 11.6. The fourth-order valence-corrected chi connectivity index (χ4v) is 12.0. The Morgan fingerprint density at radius 3 is 1.54 bits per heavy atom. The Morgan fingerprint density at radius 2 is 1.18 bits per heavy atom. The van der Waals surface area contributed by atoms with Crippen molar-refractivity contribution in [2.75, 3.05) is 67.5 Å². The number of carbonyl (C=O) groups is 1. The quantitative estimate of drug-likeness (QED) is 0.106. The van der Waals surface area contributed by atoms with Crippen molar-refractivity contribution in [3.63, 3.8) is 0 Å². The van der Waals surface area contributed by atoms with E-state index in [4.69, 9.17) is 33.4 Å². The van der Waals surface area contributed by atoms with Crippen LogP contribution in [0.1, 0.15) is 72.6 Å². The Bertz CT molecular complexity index is 2720. The van der Waals surface area contributed by atoms with Crippen molar-refractivity contribution in [1.82, 2.24) is 38.6 Å². The van der Waals surface area contributed by atoms with Crippen LogP contribution in [0.4, 0.5) is 20.2 Å². The first-order valence-corrected chi connectivity index (χ1v) is 26.0. The number of benzene rings is 2. The third-order valence-corrected chi connectivity index (χ3v) is 17.1. The second kappa shape index (κ2) is 21.9. The maximum atomic E-state index is 13.8. The largest absolute Gasteiger partial charge is 0.415 e. The highest BCUT2D eigenvalue weighted by molar-refractivity contribution is 7.90. The molecule has 0 amide bonds. The van der Waals surface area contributed by atoms with Crippen LogP contribution in [0.15, 0.2) is 89.6 Å². The topological polar surface area (TPSA) is 196 Å². The summed E-state index contributed by atoms with van der Waals surface area (Å²) in [5.41, 5.74) is 8.03. The van der Waals surface area contributed by atoms with Gasteiger partial charge in [0.1, 0.15) is 0 Å². The monoisotopic (exact) mass is 1020 g/mol. The summed E-state index contributed by atoms with van der Waals surface area (Å²) in [5, 5.41) is 7.80. The lowest BCUT2D eigenvalue weighted by atomic mass is 9.91. The van der Waals surface area contributed by atoms with Crippen molar-refractivity contribution in [2.24, 2.45) is 5.73 Å². The van der Waals surface area contributed by atoms with Crippen molar-refractivity contribution < 1.29 is 34.8 Å². The van der Waals surface area contributed by atoms with Gasteiger partial charge in [0.25, 0.3) is 5.89 Å². The molecule has 9 rings (SSSR count). The summed E-state index contributed by atoms with van der Waals surface area (Å²) in [7, 11) is -7.69.